The number of esters is 1. The summed E-state index contributed by atoms with van der Waals surface area (Å²) in [5, 5.41) is 9.50. The van der Waals surface area contributed by atoms with Gasteiger partial charge >= 0.3 is 5.97 Å². The maximum atomic E-state index is 12.1. The number of phenols is 1. The molecule has 0 aliphatic rings. The second-order valence-electron chi connectivity index (χ2n) is 5.11. The third kappa shape index (κ3) is 7.14. The highest BCUT2D eigenvalue weighted by Gasteiger charge is 2.21. The number of rotatable bonds is 10. The van der Waals surface area contributed by atoms with E-state index in [4.69, 9.17) is 9.47 Å². The molecular formula is C17H26O4. The van der Waals surface area contributed by atoms with Crippen molar-refractivity contribution in [1.82, 2.24) is 0 Å². The molecule has 0 saturated heterocycles. The number of hydrogen-bond acceptors (Lipinski definition) is 4. The molecule has 21 heavy (non-hydrogen) atoms. The first kappa shape index (κ1) is 17.5. The predicted molar refractivity (Wildman–Crippen MR) is 82.3 cm³/mol. The van der Waals surface area contributed by atoms with Crippen molar-refractivity contribution in [3.8, 4) is 5.75 Å². The Morgan fingerprint density at radius 1 is 1.19 bits per heavy atom. The zero-order chi connectivity index (χ0) is 15.5. The summed E-state index contributed by atoms with van der Waals surface area (Å²) in [6.07, 6.45) is 3.60. The number of carbonyl (C=O) groups is 1. The van der Waals surface area contributed by atoms with Crippen LogP contribution in [0.3, 0.4) is 0 Å². The van der Waals surface area contributed by atoms with Gasteiger partial charge in [-0.2, -0.15) is 0 Å². The van der Waals surface area contributed by atoms with Crippen LogP contribution in [0.5, 0.6) is 5.75 Å². The Morgan fingerprint density at radius 2 is 1.90 bits per heavy atom. The average Bonchev–Trinajstić information content (AvgIpc) is 2.46. The van der Waals surface area contributed by atoms with Gasteiger partial charge in [0.25, 0.3) is 0 Å². The Kier molecular flexibility index (Phi) is 8.51. The minimum absolute atomic E-state index is 0.194. The molecule has 0 aromatic heterocycles. The van der Waals surface area contributed by atoms with E-state index in [1.807, 2.05) is 6.07 Å². The van der Waals surface area contributed by atoms with Crippen LogP contribution < -0.4 is 0 Å². The first-order valence-corrected chi connectivity index (χ1v) is 7.73. The van der Waals surface area contributed by atoms with Crippen LogP contribution in [0, 0.1) is 0 Å². The lowest BCUT2D eigenvalue weighted by molar-refractivity contribution is -0.157. The molecule has 0 heterocycles. The van der Waals surface area contributed by atoms with Crippen molar-refractivity contribution in [3.05, 3.63) is 29.8 Å². The van der Waals surface area contributed by atoms with Crippen molar-refractivity contribution in [2.75, 3.05) is 13.2 Å². The minimum Gasteiger partial charge on any atom is -0.508 e. The second kappa shape index (κ2) is 10.2. The van der Waals surface area contributed by atoms with Gasteiger partial charge in [0.2, 0.25) is 0 Å². The number of unbranched alkanes of at least 4 members (excludes halogenated alkanes) is 2. The molecule has 1 N–H and O–H groups in total. The molecule has 0 fully saturated rings. The SMILES string of the molecule is CCCCOC(=O)C(Cc1cccc(O)c1)OCCCC. The van der Waals surface area contributed by atoms with Crippen LogP contribution in [0.4, 0.5) is 0 Å². The molecule has 0 saturated carbocycles. The molecule has 0 aliphatic heterocycles. The largest absolute Gasteiger partial charge is 0.508 e. The van der Waals surface area contributed by atoms with Gasteiger partial charge in [-0.05, 0) is 30.5 Å². The Balaban J connectivity index is 2.60. The number of hydrogen-bond donors (Lipinski definition) is 1. The van der Waals surface area contributed by atoms with E-state index in [1.165, 1.54) is 0 Å². The number of benzene rings is 1. The van der Waals surface area contributed by atoms with Gasteiger partial charge in [-0.1, -0.05) is 38.8 Å². The second-order valence-corrected chi connectivity index (χ2v) is 5.11. The zero-order valence-corrected chi connectivity index (χ0v) is 13.0. The fourth-order valence-corrected chi connectivity index (χ4v) is 1.89. The van der Waals surface area contributed by atoms with E-state index in [2.05, 4.69) is 13.8 Å². The molecule has 1 aromatic rings. The molecule has 1 unspecified atom stereocenters. The molecule has 1 atom stereocenters. The number of ether oxygens (including phenoxy) is 2. The number of aromatic hydroxyl groups is 1. The van der Waals surface area contributed by atoms with Gasteiger partial charge in [0.1, 0.15) is 5.75 Å². The monoisotopic (exact) mass is 294 g/mol. The first-order chi connectivity index (χ1) is 10.2. The summed E-state index contributed by atoms with van der Waals surface area (Å²) in [4.78, 5) is 12.1. The summed E-state index contributed by atoms with van der Waals surface area (Å²) in [6.45, 7) is 5.11. The van der Waals surface area contributed by atoms with Crippen molar-refractivity contribution in [1.29, 1.82) is 0 Å². The fourth-order valence-electron chi connectivity index (χ4n) is 1.89. The van der Waals surface area contributed by atoms with E-state index in [-0.39, 0.29) is 11.7 Å². The Labute approximate surface area is 127 Å². The summed E-state index contributed by atoms with van der Waals surface area (Å²) in [5.41, 5.74) is 0.865. The lowest BCUT2D eigenvalue weighted by Gasteiger charge is -2.17. The van der Waals surface area contributed by atoms with E-state index in [9.17, 15) is 9.90 Å². The van der Waals surface area contributed by atoms with Crippen LogP contribution in [0.25, 0.3) is 0 Å². The summed E-state index contributed by atoms with van der Waals surface area (Å²) in [7, 11) is 0. The van der Waals surface area contributed by atoms with Gasteiger partial charge in [-0.15, -0.1) is 0 Å². The smallest absolute Gasteiger partial charge is 0.335 e. The van der Waals surface area contributed by atoms with E-state index in [1.54, 1.807) is 18.2 Å². The maximum absolute atomic E-state index is 12.1. The van der Waals surface area contributed by atoms with Gasteiger partial charge in [0.15, 0.2) is 6.10 Å². The molecule has 0 aliphatic carbocycles. The maximum Gasteiger partial charge on any atom is 0.335 e. The Morgan fingerprint density at radius 3 is 2.57 bits per heavy atom. The minimum atomic E-state index is -0.602. The van der Waals surface area contributed by atoms with Gasteiger partial charge in [0, 0.05) is 13.0 Å². The van der Waals surface area contributed by atoms with Crippen LogP contribution in [-0.2, 0) is 20.7 Å². The van der Waals surface area contributed by atoms with E-state index in [0.29, 0.717) is 19.6 Å². The first-order valence-electron chi connectivity index (χ1n) is 7.73. The molecule has 118 valence electrons. The van der Waals surface area contributed by atoms with Gasteiger partial charge in [0.05, 0.1) is 6.61 Å². The molecular weight excluding hydrogens is 268 g/mol. The molecule has 1 rings (SSSR count). The fraction of sp³-hybridized carbons (Fsp3) is 0.588. The lowest BCUT2D eigenvalue weighted by atomic mass is 10.1. The quantitative estimate of drug-likeness (QED) is 0.530. The summed E-state index contributed by atoms with van der Waals surface area (Å²) >= 11 is 0. The Bertz CT molecular complexity index is 417. The van der Waals surface area contributed by atoms with Crippen molar-refractivity contribution in [2.24, 2.45) is 0 Å². The molecule has 4 heteroatoms. The highest BCUT2D eigenvalue weighted by Crippen LogP contribution is 2.15. The van der Waals surface area contributed by atoms with Crippen LogP contribution >= 0.6 is 0 Å². The van der Waals surface area contributed by atoms with E-state index >= 15 is 0 Å². The van der Waals surface area contributed by atoms with Gasteiger partial charge < -0.3 is 14.6 Å². The molecule has 0 spiro atoms. The van der Waals surface area contributed by atoms with Crippen molar-refractivity contribution in [2.45, 2.75) is 52.1 Å². The van der Waals surface area contributed by atoms with Crippen molar-refractivity contribution >= 4 is 5.97 Å². The van der Waals surface area contributed by atoms with Crippen molar-refractivity contribution in [3.63, 3.8) is 0 Å². The molecule has 0 radical (unpaired) electrons. The van der Waals surface area contributed by atoms with E-state index < -0.39 is 6.10 Å². The standard InChI is InChI=1S/C17H26O4/c1-3-5-10-20-16(17(19)21-11-6-4-2)13-14-8-7-9-15(18)12-14/h7-9,12,16,18H,3-6,10-11,13H2,1-2H3. The highest BCUT2D eigenvalue weighted by atomic mass is 16.6. The van der Waals surface area contributed by atoms with Crippen LogP contribution in [0.1, 0.15) is 45.1 Å². The zero-order valence-electron chi connectivity index (χ0n) is 13.0. The molecule has 0 bridgehead atoms. The van der Waals surface area contributed by atoms with Crippen LogP contribution in [-0.4, -0.2) is 30.4 Å². The van der Waals surface area contributed by atoms with Crippen molar-refractivity contribution < 1.29 is 19.4 Å². The Hall–Kier alpha value is -1.55. The normalized spacial score (nSPS) is 12.1. The van der Waals surface area contributed by atoms with Gasteiger partial charge in [-0.3, -0.25) is 0 Å². The highest BCUT2D eigenvalue weighted by molar-refractivity contribution is 5.75. The summed E-state index contributed by atoms with van der Waals surface area (Å²) in [6, 6.07) is 6.89. The lowest BCUT2D eigenvalue weighted by Crippen LogP contribution is -2.29. The topological polar surface area (TPSA) is 55.8 Å². The predicted octanol–water partition coefficient (Wildman–Crippen LogP) is 3.46. The van der Waals surface area contributed by atoms with E-state index in [0.717, 1.165) is 31.2 Å². The summed E-state index contributed by atoms with van der Waals surface area (Å²) < 4.78 is 10.9. The summed E-state index contributed by atoms with van der Waals surface area (Å²) in [5.74, 6) is -0.123. The number of carbonyl (C=O) groups excluding carboxylic acids is 1. The van der Waals surface area contributed by atoms with Crippen LogP contribution in [0.15, 0.2) is 24.3 Å². The third-order valence-corrected chi connectivity index (χ3v) is 3.15. The average molecular weight is 294 g/mol. The van der Waals surface area contributed by atoms with Crippen LogP contribution in [0.2, 0.25) is 0 Å². The third-order valence-electron chi connectivity index (χ3n) is 3.15. The van der Waals surface area contributed by atoms with Gasteiger partial charge in [-0.25, -0.2) is 4.79 Å². The molecule has 0 amide bonds. The molecule has 4 nitrogen and oxygen atoms in total. The number of phenolic OH excluding ortho intramolecular Hbond substituents is 1. The molecule has 1 aromatic carbocycles.